The largest absolute Gasteiger partial charge is 0.435 e. The molecule has 1 unspecified atom stereocenters. The Hall–Kier alpha value is -2.63. The van der Waals surface area contributed by atoms with Crippen molar-refractivity contribution in [2.45, 2.75) is 38.2 Å². The lowest BCUT2D eigenvalue weighted by Crippen LogP contribution is -2.34. The first-order chi connectivity index (χ1) is 14.3. The molecule has 3 heterocycles. The van der Waals surface area contributed by atoms with Gasteiger partial charge in [0.2, 0.25) is 5.76 Å². The van der Waals surface area contributed by atoms with Crippen molar-refractivity contribution in [3.05, 3.63) is 35.8 Å². The average Bonchev–Trinajstić information content (AvgIpc) is 3.29. The van der Waals surface area contributed by atoms with Crippen LogP contribution in [0.2, 0.25) is 0 Å². The summed E-state index contributed by atoms with van der Waals surface area (Å²) in [6.45, 7) is 0.117. The summed E-state index contributed by atoms with van der Waals surface area (Å²) < 4.78 is 50.4. The van der Waals surface area contributed by atoms with Crippen LogP contribution in [0.25, 0.3) is 0 Å². The first-order valence-electron chi connectivity index (χ1n) is 9.65. The molecule has 2 aromatic heterocycles. The minimum atomic E-state index is -2.92. The standard InChI is InChI=1S/C18H21F2N5O4S/c19-16(20)14-15(29-17(22-14)12-3-4-12)18(27)24-6-2-9-30(28,10-8-24)23-13(26)11-25-7-1-5-21-25/h1,5,7,12,16H,2-4,6,8-11H2. The van der Waals surface area contributed by atoms with Crippen LogP contribution in [-0.2, 0) is 21.1 Å². The first kappa shape index (κ1) is 20.6. The van der Waals surface area contributed by atoms with Gasteiger partial charge in [0.15, 0.2) is 11.6 Å². The Morgan fingerprint density at radius 3 is 2.77 bits per heavy atom. The van der Waals surface area contributed by atoms with Crippen molar-refractivity contribution in [3.63, 3.8) is 0 Å². The van der Waals surface area contributed by atoms with E-state index in [9.17, 15) is 22.6 Å². The summed E-state index contributed by atoms with van der Waals surface area (Å²) >= 11 is 0. The van der Waals surface area contributed by atoms with Crippen molar-refractivity contribution in [2.24, 2.45) is 4.36 Å². The second-order valence-electron chi connectivity index (χ2n) is 7.36. The SMILES string of the molecule is O=C(Cn1cccn1)N=S1(=O)CCCN(C(=O)c2oc(C3CC3)nc2C(F)F)CC1. The summed E-state index contributed by atoms with van der Waals surface area (Å²) in [5.41, 5.74) is -0.647. The highest BCUT2D eigenvalue weighted by Crippen LogP contribution is 2.41. The second-order valence-corrected chi connectivity index (χ2v) is 9.90. The lowest BCUT2D eigenvalue weighted by atomic mass is 10.3. The van der Waals surface area contributed by atoms with Crippen LogP contribution in [0, 0.1) is 0 Å². The lowest BCUT2D eigenvalue weighted by Gasteiger charge is -2.18. The van der Waals surface area contributed by atoms with Gasteiger partial charge in [0.05, 0.1) is 9.73 Å². The van der Waals surface area contributed by atoms with Gasteiger partial charge < -0.3 is 9.32 Å². The van der Waals surface area contributed by atoms with E-state index in [1.165, 1.54) is 15.8 Å². The van der Waals surface area contributed by atoms with Gasteiger partial charge in [0.1, 0.15) is 6.54 Å². The molecule has 1 saturated heterocycles. The van der Waals surface area contributed by atoms with Crippen LogP contribution in [0.3, 0.4) is 0 Å². The molecule has 0 aromatic carbocycles. The Bertz CT molecular complexity index is 1050. The number of aromatic nitrogens is 3. The van der Waals surface area contributed by atoms with E-state index in [1.54, 1.807) is 12.3 Å². The Morgan fingerprint density at radius 1 is 1.30 bits per heavy atom. The Kier molecular flexibility index (Phi) is 5.67. The molecule has 1 saturated carbocycles. The van der Waals surface area contributed by atoms with Gasteiger partial charge in [-0.15, -0.1) is 0 Å². The van der Waals surface area contributed by atoms with Gasteiger partial charge in [0, 0.05) is 42.9 Å². The minimum Gasteiger partial charge on any atom is -0.435 e. The third-order valence-electron chi connectivity index (χ3n) is 4.98. The second kappa shape index (κ2) is 8.25. The van der Waals surface area contributed by atoms with Crippen LogP contribution in [-0.4, -0.2) is 60.3 Å². The van der Waals surface area contributed by atoms with Crippen LogP contribution >= 0.6 is 0 Å². The minimum absolute atomic E-state index is 0.00785. The summed E-state index contributed by atoms with van der Waals surface area (Å²) in [5, 5.41) is 3.91. The van der Waals surface area contributed by atoms with Gasteiger partial charge in [-0.05, 0) is 25.3 Å². The maximum atomic E-state index is 13.4. The number of carbonyl (C=O) groups excluding carboxylic acids is 2. The third-order valence-corrected chi connectivity index (χ3v) is 7.26. The monoisotopic (exact) mass is 441 g/mol. The zero-order valence-corrected chi connectivity index (χ0v) is 16.9. The van der Waals surface area contributed by atoms with Crippen molar-refractivity contribution in [3.8, 4) is 0 Å². The van der Waals surface area contributed by atoms with Crippen molar-refractivity contribution >= 4 is 21.5 Å². The van der Waals surface area contributed by atoms with E-state index in [4.69, 9.17) is 4.42 Å². The van der Waals surface area contributed by atoms with Crippen LogP contribution < -0.4 is 0 Å². The predicted octanol–water partition coefficient (Wildman–Crippen LogP) is 2.23. The molecule has 2 aromatic rings. The molecule has 0 bridgehead atoms. The van der Waals surface area contributed by atoms with Gasteiger partial charge in [0.25, 0.3) is 18.2 Å². The molecule has 2 amide bonds. The van der Waals surface area contributed by atoms with Crippen molar-refractivity contribution in [1.29, 1.82) is 0 Å². The molecule has 0 N–H and O–H groups in total. The quantitative estimate of drug-likeness (QED) is 0.704. The van der Waals surface area contributed by atoms with Gasteiger partial charge in [-0.2, -0.15) is 9.46 Å². The number of oxazole rings is 1. The van der Waals surface area contributed by atoms with E-state index in [2.05, 4.69) is 14.4 Å². The first-order valence-corrected chi connectivity index (χ1v) is 11.5. The maximum absolute atomic E-state index is 13.4. The van der Waals surface area contributed by atoms with E-state index in [-0.39, 0.29) is 42.9 Å². The molecule has 0 radical (unpaired) electrons. The number of hydrogen-bond acceptors (Lipinski definition) is 6. The van der Waals surface area contributed by atoms with E-state index in [0.717, 1.165) is 12.8 Å². The zero-order chi connectivity index (χ0) is 21.3. The molecule has 1 atom stereocenters. The van der Waals surface area contributed by atoms with Gasteiger partial charge >= 0.3 is 0 Å². The Morgan fingerprint density at radius 2 is 2.10 bits per heavy atom. The molecule has 30 heavy (non-hydrogen) atoms. The number of amides is 2. The zero-order valence-electron chi connectivity index (χ0n) is 16.1. The predicted molar refractivity (Wildman–Crippen MR) is 101 cm³/mol. The van der Waals surface area contributed by atoms with Crippen molar-refractivity contribution in [1.82, 2.24) is 19.7 Å². The molecular weight excluding hydrogens is 420 g/mol. The smallest absolute Gasteiger partial charge is 0.291 e. The fraction of sp³-hybridized carbons (Fsp3) is 0.556. The lowest BCUT2D eigenvalue weighted by molar-refractivity contribution is -0.118. The number of hydrogen-bond donors (Lipinski definition) is 0. The van der Waals surface area contributed by atoms with Crippen LogP contribution in [0.4, 0.5) is 8.78 Å². The summed E-state index contributed by atoms with van der Waals surface area (Å²) in [5.74, 6) is -1.42. The van der Waals surface area contributed by atoms with Gasteiger partial charge in [-0.3, -0.25) is 14.3 Å². The van der Waals surface area contributed by atoms with E-state index < -0.39 is 39.4 Å². The van der Waals surface area contributed by atoms with E-state index >= 15 is 0 Å². The highest BCUT2D eigenvalue weighted by Gasteiger charge is 2.36. The summed E-state index contributed by atoms with van der Waals surface area (Å²) in [6, 6.07) is 1.66. The molecule has 1 aliphatic carbocycles. The molecule has 9 nitrogen and oxygen atoms in total. The average molecular weight is 441 g/mol. The fourth-order valence-electron chi connectivity index (χ4n) is 3.29. The number of nitrogens with zero attached hydrogens (tertiary/aromatic N) is 5. The molecule has 1 aliphatic heterocycles. The number of alkyl halides is 2. The topological polar surface area (TPSA) is 111 Å². The molecule has 12 heteroatoms. The van der Waals surface area contributed by atoms with E-state index in [1.807, 2.05) is 0 Å². The van der Waals surface area contributed by atoms with Crippen LogP contribution in [0.15, 0.2) is 27.2 Å². The molecule has 4 rings (SSSR count). The summed E-state index contributed by atoms with van der Waals surface area (Å²) in [4.78, 5) is 30.1. The molecule has 2 fully saturated rings. The normalized spacial score (nSPS) is 22.2. The number of halogens is 2. The third kappa shape index (κ3) is 4.58. The highest BCUT2D eigenvalue weighted by molar-refractivity contribution is 7.93. The van der Waals surface area contributed by atoms with Gasteiger partial charge in [-0.1, -0.05) is 0 Å². The number of carbonyl (C=O) groups is 2. The Labute approximate surface area is 171 Å². The Balaban J connectivity index is 1.47. The number of rotatable bonds is 5. The van der Waals surface area contributed by atoms with Crippen LogP contribution in [0.5, 0.6) is 0 Å². The van der Waals surface area contributed by atoms with E-state index in [0.29, 0.717) is 6.42 Å². The van der Waals surface area contributed by atoms with Crippen LogP contribution in [0.1, 0.15) is 53.7 Å². The van der Waals surface area contributed by atoms with Gasteiger partial charge in [-0.25, -0.2) is 18.0 Å². The fourth-order valence-corrected chi connectivity index (χ4v) is 5.19. The molecule has 2 aliphatic rings. The maximum Gasteiger partial charge on any atom is 0.291 e. The molecule has 0 spiro atoms. The summed E-state index contributed by atoms with van der Waals surface area (Å²) in [6.07, 6.45) is 2.13. The summed E-state index contributed by atoms with van der Waals surface area (Å²) in [7, 11) is -2.86. The van der Waals surface area contributed by atoms with Crippen molar-refractivity contribution < 1.29 is 27.0 Å². The molecular formula is C18H21F2N5O4S. The highest BCUT2D eigenvalue weighted by atomic mass is 32.2. The van der Waals surface area contributed by atoms with Crippen molar-refractivity contribution in [2.75, 3.05) is 24.6 Å². The molecule has 162 valence electrons.